The van der Waals surface area contributed by atoms with E-state index in [0.29, 0.717) is 0 Å². The van der Waals surface area contributed by atoms with Crippen molar-refractivity contribution in [3.8, 4) is 0 Å². The van der Waals surface area contributed by atoms with E-state index in [1.807, 2.05) is 0 Å². The zero-order valence-corrected chi connectivity index (χ0v) is 11.7. The first-order valence-corrected chi connectivity index (χ1v) is 7.64. The first-order chi connectivity index (χ1) is 9.83. The largest absolute Gasteiger partial charge is 0.255 e. The van der Waals surface area contributed by atoms with Gasteiger partial charge >= 0.3 is 0 Å². The SMILES string of the molecule is Cc1cccc2c1ccc1c3c(cnc12)C1CCC3C1. The van der Waals surface area contributed by atoms with Gasteiger partial charge in [0.1, 0.15) is 0 Å². The van der Waals surface area contributed by atoms with Gasteiger partial charge in [-0.25, -0.2) is 0 Å². The number of hydrogen-bond acceptors (Lipinski definition) is 1. The van der Waals surface area contributed by atoms with Gasteiger partial charge in [-0.2, -0.15) is 0 Å². The van der Waals surface area contributed by atoms with Crippen LogP contribution >= 0.6 is 0 Å². The predicted octanol–water partition coefficient (Wildman–Crippen LogP) is 5.06. The van der Waals surface area contributed by atoms with E-state index >= 15 is 0 Å². The monoisotopic (exact) mass is 259 g/mol. The Bertz CT molecular complexity index is 862. The van der Waals surface area contributed by atoms with Crippen LogP contribution in [0.3, 0.4) is 0 Å². The molecular weight excluding hydrogens is 242 g/mol. The lowest BCUT2D eigenvalue weighted by Gasteiger charge is -2.17. The lowest BCUT2D eigenvalue weighted by atomic mass is 9.89. The summed E-state index contributed by atoms with van der Waals surface area (Å²) < 4.78 is 0. The van der Waals surface area contributed by atoms with Gasteiger partial charge in [0.25, 0.3) is 0 Å². The molecule has 1 saturated carbocycles. The third kappa shape index (κ3) is 1.21. The Kier molecular flexibility index (Phi) is 1.95. The van der Waals surface area contributed by atoms with Gasteiger partial charge in [0.05, 0.1) is 5.52 Å². The van der Waals surface area contributed by atoms with Crippen molar-refractivity contribution < 1.29 is 0 Å². The van der Waals surface area contributed by atoms with Gasteiger partial charge < -0.3 is 0 Å². The minimum absolute atomic E-state index is 0.792. The molecule has 0 spiro atoms. The summed E-state index contributed by atoms with van der Waals surface area (Å²) in [6, 6.07) is 11.2. The van der Waals surface area contributed by atoms with Crippen LogP contribution in [0, 0.1) is 6.92 Å². The van der Waals surface area contributed by atoms with Crippen molar-refractivity contribution in [2.24, 2.45) is 0 Å². The predicted molar refractivity (Wildman–Crippen MR) is 83.3 cm³/mol. The molecule has 1 heterocycles. The summed E-state index contributed by atoms with van der Waals surface area (Å²) >= 11 is 0. The minimum Gasteiger partial charge on any atom is -0.255 e. The maximum atomic E-state index is 4.84. The molecule has 1 nitrogen and oxygen atoms in total. The highest BCUT2D eigenvalue weighted by atomic mass is 14.7. The lowest BCUT2D eigenvalue weighted by molar-refractivity contribution is 0.719. The molecule has 0 aliphatic heterocycles. The second kappa shape index (κ2) is 3.60. The topological polar surface area (TPSA) is 12.9 Å². The molecule has 2 aliphatic carbocycles. The van der Waals surface area contributed by atoms with E-state index in [1.54, 1.807) is 11.1 Å². The molecule has 0 amide bonds. The van der Waals surface area contributed by atoms with Gasteiger partial charge in [-0.15, -0.1) is 0 Å². The number of rotatable bonds is 0. The van der Waals surface area contributed by atoms with Crippen molar-refractivity contribution in [3.63, 3.8) is 0 Å². The maximum absolute atomic E-state index is 4.84. The minimum atomic E-state index is 0.792. The Hall–Kier alpha value is -1.89. The standard InChI is InChI=1S/C19H17N/c1-11-3-2-4-15-14(11)7-8-16-18-13-6-5-12(9-13)17(18)10-20-19(15)16/h2-4,7-8,10,12-13H,5-6,9H2,1H3. The molecule has 3 aromatic rings. The second-order valence-electron chi connectivity index (χ2n) is 6.47. The fourth-order valence-corrected chi connectivity index (χ4v) is 4.52. The highest BCUT2D eigenvalue weighted by Gasteiger charge is 2.38. The van der Waals surface area contributed by atoms with Crippen molar-refractivity contribution >= 4 is 21.7 Å². The molecule has 0 saturated heterocycles. The zero-order chi connectivity index (χ0) is 13.3. The first-order valence-electron chi connectivity index (χ1n) is 7.64. The molecular formula is C19H17N. The number of hydrogen-bond donors (Lipinski definition) is 0. The summed E-state index contributed by atoms with van der Waals surface area (Å²) in [7, 11) is 0. The number of aryl methyl sites for hydroxylation is 1. The lowest BCUT2D eigenvalue weighted by Crippen LogP contribution is -2.00. The molecule has 20 heavy (non-hydrogen) atoms. The van der Waals surface area contributed by atoms with Gasteiger partial charge in [-0.3, -0.25) is 4.98 Å². The Morgan fingerprint density at radius 2 is 1.80 bits per heavy atom. The van der Waals surface area contributed by atoms with E-state index in [1.165, 1.54) is 46.5 Å². The summed E-state index contributed by atoms with van der Waals surface area (Å²) in [4.78, 5) is 4.84. The Balaban J connectivity index is 1.95. The van der Waals surface area contributed by atoms with Crippen LogP contribution in [0.5, 0.6) is 0 Å². The third-order valence-electron chi connectivity index (χ3n) is 5.47. The van der Waals surface area contributed by atoms with E-state index in [4.69, 9.17) is 4.98 Å². The van der Waals surface area contributed by atoms with E-state index in [0.717, 1.165) is 11.8 Å². The van der Waals surface area contributed by atoms with Crippen LogP contribution in [0.25, 0.3) is 21.7 Å². The van der Waals surface area contributed by atoms with Gasteiger partial charge in [0.2, 0.25) is 0 Å². The van der Waals surface area contributed by atoms with Crippen molar-refractivity contribution in [1.82, 2.24) is 4.98 Å². The average Bonchev–Trinajstić information content (AvgIpc) is 3.08. The summed E-state index contributed by atoms with van der Waals surface area (Å²) in [5.41, 5.74) is 5.71. The van der Waals surface area contributed by atoms with Gasteiger partial charge in [0, 0.05) is 17.0 Å². The third-order valence-corrected chi connectivity index (χ3v) is 5.47. The smallest absolute Gasteiger partial charge is 0.0783 e. The fourth-order valence-electron chi connectivity index (χ4n) is 4.52. The molecule has 2 unspecified atom stereocenters. The summed E-state index contributed by atoms with van der Waals surface area (Å²) in [5, 5.41) is 4.07. The van der Waals surface area contributed by atoms with E-state index < -0.39 is 0 Å². The van der Waals surface area contributed by atoms with E-state index in [2.05, 4.69) is 43.5 Å². The second-order valence-corrected chi connectivity index (χ2v) is 6.47. The van der Waals surface area contributed by atoms with Gasteiger partial charge in [-0.05, 0) is 60.1 Å². The molecule has 1 aromatic heterocycles. The Labute approximate surface area is 118 Å². The molecule has 1 heteroatoms. The van der Waals surface area contributed by atoms with Gasteiger partial charge in [0.15, 0.2) is 0 Å². The molecule has 0 radical (unpaired) electrons. The molecule has 2 aromatic carbocycles. The van der Waals surface area contributed by atoms with Crippen LogP contribution in [-0.2, 0) is 0 Å². The van der Waals surface area contributed by atoms with Crippen molar-refractivity contribution in [2.45, 2.75) is 38.0 Å². The van der Waals surface area contributed by atoms with Crippen LogP contribution in [0.15, 0.2) is 36.5 Å². The van der Waals surface area contributed by atoms with E-state index in [-0.39, 0.29) is 0 Å². The van der Waals surface area contributed by atoms with E-state index in [9.17, 15) is 0 Å². The average molecular weight is 259 g/mol. The van der Waals surface area contributed by atoms with Crippen LogP contribution in [-0.4, -0.2) is 4.98 Å². The summed E-state index contributed by atoms with van der Waals surface area (Å²) in [6.07, 6.45) is 6.28. The van der Waals surface area contributed by atoms with Crippen molar-refractivity contribution in [2.75, 3.05) is 0 Å². The Morgan fingerprint density at radius 3 is 2.75 bits per heavy atom. The molecule has 0 N–H and O–H groups in total. The van der Waals surface area contributed by atoms with Crippen molar-refractivity contribution in [1.29, 1.82) is 0 Å². The van der Waals surface area contributed by atoms with Crippen LogP contribution in [0.2, 0.25) is 0 Å². The number of nitrogens with zero attached hydrogens (tertiary/aromatic N) is 1. The normalized spacial score (nSPS) is 23.6. The molecule has 1 fully saturated rings. The number of benzene rings is 2. The Morgan fingerprint density at radius 1 is 0.950 bits per heavy atom. The van der Waals surface area contributed by atoms with Gasteiger partial charge in [-0.1, -0.05) is 30.3 Å². The number of pyridine rings is 1. The molecule has 5 rings (SSSR count). The zero-order valence-electron chi connectivity index (χ0n) is 11.7. The summed E-state index contributed by atoms with van der Waals surface area (Å²) in [6.45, 7) is 2.18. The fraction of sp³-hybridized carbons (Fsp3) is 0.316. The highest BCUT2D eigenvalue weighted by Crippen LogP contribution is 2.54. The van der Waals surface area contributed by atoms with Crippen molar-refractivity contribution in [3.05, 3.63) is 53.2 Å². The number of fused-ring (bicyclic) bond motifs is 9. The molecule has 98 valence electrons. The quantitative estimate of drug-likeness (QED) is 0.514. The summed E-state index contributed by atoms with van der Waals surface area (Å²) in [5.74, 6) is 1.59. The first kappa shape index (κ1) is 10.8. The molecule has 2 atom stereocenters. The maximum Gasteiger partial charge on any atom is 0.0783 e. The molecule has 2 bridgehead atoms. The van der Waals surface area contributed by atoms with Crippen LogP contribution in [0.1, 0.15) is 47.8 Å². The van der Waals surface area contributed by atoms with Crippen LogP contribution < -0.4 is 0 Å². The number of aromatic nitrogens is 1. The van der Waals surface area contributed by atoms with Crippen LogP contribution in [0.4, 0.5) is 0 Å². The highest BCUT2D eigenvalue weighted by molar-refractivity contribution is 6.07. The molecule has 2 aliphatic rings.